The van der Waals surface area contributed by atoms with Crippen LogP contribution in [0.3, 0.4) is 0 Å². The molecule has 0 aliphatic carbocycles. The van der Waals surface area contributed by atoms with Gasteiger partial charge >= 0.3 is 6.18 Å². The molecule has 0 saturated carbocycles. The average molecular weight is 507 g/mol. The predicted octanol–water partition coefficient (Wildman–Crippen LogP) is 3.81. The third-order valence-corrected chi connectivity index (χ3v) is 4.37. The van der Waals surface area contributed by atoms with E-state index >= 15 is 0 Å². The van der Waals surface area contributed by atoms with Gasteiger partial charge in [0.15, 0.2) is 11.7 Å². The predicted molar refractivity (Wildman–Crippen MR) is 112 cm³/mol. The number of rotatable bonds is 8. The van der Waals surface area contributed by atoms with Gasteiger partial charge in [0.05, 0.1) is 6.54 Å². The second-order valence-electron chi connectivity index (χ2n) is 6.45. The summed E-state index contributed by atoms with van der Waals surface area (Å²) in [7, 11) is 4.07. The van der Waals surface area contributed by atoms with E-state index < -0.39 is 11.9 Å². The molecule has 10 heteroatoms. The van der Waals surface area contributed by atoms with E-state index in [0.29, 0.717) is 36.0 Å². The lowest BCUT2D eigenvalue weighted by Crippen LogP contribution is -2.45. The van der Waals surface area contributed by atoms with Crippen LogP contribution in [0, 0.1) is 5.92 Å². The Labute approximate surface area is 174 Å². The summed E-state index contributed by atoms with van der Waals surface area (Å²) in [6.07, 6.45) is -3.36. The van der Waals surface area contributed by atoms with Gasteiger partial charge in [-0.25, -0.2) is 9.98 Å². The number of guanidine groups is 1. The minimum Gasteiger partial charge on any atom is -0.357 e. The zero-order valence-electron chi connectivity index (χ0n) is 15.9. The molecule has 0 bridgehead atoms. The summed E-state index contributed by atoms with van der Waals surface area (Å²) in [5, 5.41) is 7.75. The molecule has 2 N–H and O–H groups in total. The van der Waals surface area contributed by atoms with Gasteiger partial charge in [-0.1, -0.05) is 13.8 Å². The monoisotopic (exact) mass is 507 g/mol. The summed E-state index contributed by atoms with van der Waals surface area (Å²) >= 11 is 0.972. The highest BCUT2D eigenvalue weighted by atomic mass is 127. The minimum atomic E-state index is -4.41. The van der Waals surface area contributed by atoms with Gasteiger partial charge in [-0.3, -0.25) is 0 Å². The lowest BCUT2D eigenvalue weighted by Gasteiger charge is -2.27. The molecule has 0 aliphatic rings. The van der Waals surface area contributed by atoms with Gasteiger partial charge in [0.25, 0.3) is 0 Å². The molecule has 1 heterocycles. The molecule has 0 radical (unpaired) electrons. The average Bonchev–Trinajstić information content (AvgIpc) is 2.97. The Morgan fingerprint density at radius 1 is 1.31 bits per heavy atom. The van der Waals surface area contributed by atoms with Crippen molar-refractivity contribution in [2.24, 2.45) is 10.9 Å². The minimum absolute atomic E-state index is 0. The molecule has 1 atom stereocenters. The van der Waals surface area contributed by atoms with Gasteiger partial charge in [0, 0.05) is 24.5 Å². The van der Waals surface area contributed by atoms with Gasteiger partial charge < -0.3 is 15.5 Å². The molecule has 26 heavy (non-hydrogen) atoms. The maximum absolute atomic E-state index is 12.6. The molecule has 0 aromatic carbocycles. The Morgan fingerprint density at radius 3 is 2.42 bits per heavy atom. The first-order valence-corrected chi connectivity index (χ1v) is 9.21. The van der Waals surface area contributed by atoms with Crippen LogP contribution in [0.15, 0.2) is 10.4 Å². The van der Waals surface area contributed by atoms with Crippen molar-refractivity contribution in [3.05, 3.63) is 16.1 Å². The van der Waals surface area contributed by atoms with E-state index in [-0.39, 0.29) is 30.5 Å². The smallest absolute Gasteiger partial charge is 0.357 e. The first kappa shape index (κ1) is 25.4. The topological polar surface area (TPSA) is 52.6 Å². The van der Waals surface area contributed by atoms with E-state index in [9.17, 15) is 13.2 Å². The zero-order valence-corrected chi connectivity index (χ0v) is 19.0. The van der Waals surface area contributed by atoms with Crippen molar-refractivity contribution < 1.29 is 13.2 Å². The summed E-state index contributed by atoms with van der Waals surface area (Å²) in [6.45, 7) is 7.80. The standard InChI is InChI=1S/C16H28F3N5S.HI/c1-6-20-15(21-8-12(24(4)5)7-11(2)3)22-9-14-23-13(10-25-14)16(17,18)19;/h10-12H,6-9H2,1-5H3,(H2,20,21,22);1H. The Morgan fingerprint density at radius 2 is 1.96 bits per heavy atom. The van der Waals surface area contributed by atoms with E-state index in [0.717, 1.165) is 23.1 Å². The third kappa shape index (κ3) is 9.36. The number of aromatic nitrogens is 1. The largest absolute Gasteiger partial charge is 0.434 e. The maximum Gasteiger partial charge on any atom is 0.434 e. The number of alkyl halides is 3. The molecule has 152 valence electrons. The summed E-state index contributed by atoms with van der Waals surface area (Å²) in [5.41, 5.74) is -0.856. The van der Waals surface area contributed by atoms with Crippen LogP contribution in [0.4, 0.5) is 13.2 Å². The van der Waals surface area contributed by atoms with Crippen LogP contribution in [0.25, 0.3) is 0 Å². The van der Waals surface area contributed by atoms with Crippen LogP contribution in [0.2, 0.25) is 0 Å². The van der Waals surface area contributed by atoms with Crippen molar-refractivity contribution in [2.45, 2.75) is 46.0 Å². The Balaban J connectivity index is 0.00000625. The Kier molecular flexibility index (Phi) is 11.7. The van der Waals surface area contributed by atoms with Gasteiger partial charge in [0.2, 0.25) is 0 Å². The van der Waals surface area contributed by atoms with Crippen LogP contribution >= 0.6 is 35.3 Å². The highest BCUT2D eigenvalue weighted by molar-refractivity contribution is 14.0. The van der Waals surface area contributed by atoms with E-state index in [4.69, 9.17) is 0 Å². The SMILES string of the molecule is CCNC(=NCc1nc(C(F)(F)F)cs1)NCC(CC(C)C)N(C)C.I. The van der Waals surface area contributed by atoms with Crippen LogP contribution in [-0.4, -0.2) is 49.1 Å². The van der Waals surface area contributed by atoms with Crippen molar-refractivity contribution in [3.8, 4) is 0 Å². The number of hydrogen-bond donors (Lipinski definition) is 2. The number of halogens is 4. The summed E-state index contributed by atoms with van der Waals surface area (Å²) in [5.74, 6) is 1.16. The van der Waals surface area contributed by atoms with Crippen molar-refractivity contribution in [2.75, 3.05) is 27.2 Å². The fourth-order valence-corrected chi connectivity index (χ4v) is 2.96. The summed E-state index contributed by atoms with van der Waals surface area (Å²) in [6, 6.07) is 0.348. The molecule has 0 fully saturated rings. The molecule has 1 aromatic heterocycles. The normalized spacial score (nSPS) is 13.7. The van der Waals surface area contributed by atoms with E-state index in [2.05, 4.69) is 39.4 Å². The summed E-state index contributed by atoms with van der Waals surface area (Å²) < 4.78 is 37.8. The second kappa shape index (κ2) is 12.0. The van der Waals surface area contributed by atoms with Gasteiger partial charge in [-0.05, 0) is 33.4 Å². The first-order valence-electron chi connectivity index (χ1n) is 8.33. The van der Waals surface area contributed by atoms with E-state index in [1.807, 2.05) is 21.0 Å². The molecular weight excluding hydrogens is 478 g/mol. The fourth-order valence-electron chi connectivity index (χ4n) is 2.24. The molecular formula is C16H29F3IN5S. The van der Waals surface area contributed by atoms with Crippen LogP contribution in [0.1, 0.15) is 37.9 Å². The number of nitrogens with zero attached hydrogens (tertiary/aromatic N) is 3. The second-order valence-corrected chi connectivity index (χ2v) is 7.39. The highest BCUT2D eigenvalue weighted by Crippen LogP contribution is 2.30. The van der Waals surface area contributed by atoms with Crippen LogP contribution in [0.5, 0.6) is 0 Å². The third-order valence-electron chi connectivity index (χ3n) is 3.54. The fraction of sp³-hybridized carbons (Fsp3) is 0.750. The molecule has 5 nitrogen and oxygen atoms in total. The lowest BCUT2D eigenvalue weighted by atomic mass is 10.0. The maximum atomic E-state index is 12.6. The summed E-state index contributed by atoms with van der Waals surface area (Å²) in [4.78, 5) is 10.1. The van der Waals surface area contributed by atoms with Crippen molar-refractivity contribution in [1.82, 2.24) is 20.5 Å². The molecule has 0 aliphatic heterocycles. The molecule has 1 aromatic rings. The van der Waals surface area contributed by atoms with Crippen molar-refractivity contribution in [3.63, 3.8) is 0 Å². The number of aliphatic imine (C=N–C) groups is 1. The van der Waals surface area contributed by atoms with Gasteiger partial charge in [-0.2, -0.15) is 13.2 Å². The first-order chi connectivity index (χ1) is 11.6. The molecule has 0 spiro atoms. The molecule has 1 rings (SSSR count). The Hall–Kier alpha value is -0.620. The van der Waals surface area contributed by atoms with Crippen molar-refractivity contribution >= 4 is 41.3 Å². The van der Waals surface area contributed by atoms with E-state index in [1.165, 1.54) is 0 Å². The number of hydrogen-bond acceptors (Lipinski definition) is 4. The van der Waals surface area contributed by atoms with E-state index in [1.54, 1.807) is 0 Å². The molecule has 0 saturated heterocycles. The number of thiazole rings is 1. The van der Waals surface area contributed by atoms with Crippen LogP contribution < -0.4 is 10.6 Å². The molecule has 0 amide bonds. The van der Waals surface area contributed by atoms with Gasteiger partial charge in [0.1, 0.15) is 5.01 Å². The molecule has 1 unspecified atom stereocenters. The number of likely N-dealkylation sites (N-methyl/N-ethyl adjacent to an activating group) is 1. The lowest BCUT2D eigenvalue weighted by molar-refractivity contribution is -0.140. The Bertz CT molecular complexity index is 546. The quantitative estimate of drug-likeness (QED) is 0.319. The number of nitrogens with one attached hydrogen (secondary N) is 2. The van der Waals surface area contributed by atoms with Crippen LogP contribution in [-0.2, 0) is 12.7 Å². The zero-order chi connectivity index (χ0) is 19.0. The highest BCUT2D eigenvalue weighted by Gasteiger charge is 2.33. The van der Waals surface area contributed by atoms with Gasteiger partial charge in [-0.15, -0.1) is 35.3 Å². The van der Waals surface area contributed by atoms with Crippen molar-refractivity contribution in [1.29, 1.82) is 0 Å².